The van der Waals surface area contributed by atoms with Crippen LogP contribution in [0.25, 0.3) is 11.8 Å². The van der Waals surface area contributed by atoms with Crippen molar-refractivity contribution >= 4 is 56.6 Å². The van der Waals surface area contributed by atoms with Gasteiger partial charge in [-0.25, -0.2) is 9.79 Å². The Balaban J connectivity index is 1.86. The van der Waals surface area contributed by atoms with Crippen LogP contribution in [0.15, 0.2) is 80.5 Å². The summed E-state index contributed by atoms with van der Waals surface area (Å²) in [6.07, 6.45) is 1.55. The van der Waals surface area contributed by atoms with E-state index in [-0.39, 0.29) is 27.5 Å². The topological polar surface area (TPSA) is 99.4 Å². The van der Waals surface area contributed by atoms with Crippen molar-refractivity contribution in [2.45, 2.75) is 13.0 Å². The number of hydrogen-bond donors (Lipinski definition) is 1. The molecule has 5 rings (SSSR count). The van der Waals surface area contributed by atoms with Gasteiger partial charge in [-0.1, -0.05) is 75.3 Å². The molecule has 0 saturated heterocycles. The lowest BCUT2D eigenvalue weighted by molar-refractivity contribution is -0.138. The van der Waals surface area contributed by atoms with Crippen molar-refractivity contribution in [2.75, 3.05) is 20.8 Å². The Bertz CT molecular complexity index is 1870. The van der Waals surface area contributed by atoms with Crippen LogP contribution in [0.4, 0.5) is 0 Å². The number of phenolic OH excluding ortho intramolecular Hbond substituents is 1. The molecule has 0 aliphatic carbocycles. The van der Waals surface area contributed by atoms with Crippen LogP contribution in [-0.2, 0) is 9.53 Å². The van der Waals surface area contributed by atoms with Gasteiger partial charge in [0, 0.05) is 15.6 Å². The third-order valence-electron chi connectivity index (χ3n) is 6.44. The number of nitrogens with zero attached hydrogens (tertiary/aromatic N) is 2. The van der Waals surface area contributed by atoms with Gasteiger partial charge < -0.3 is 19.3 Å². The Morgan fingerprint density at radius 2 is 1.85 bits per heavy atom. The predicted molar refractivity (Wildman–Crippen MR) is 161 cm³/mol. The Morgan fingerprint density at radius 1 is 1.12 bits per heavy atom. The number of hydrogen-bond acceptors (Lipinski definition) is 8. The van der Waals surface area contributed by atoms with Crippen LogP contribution < -0.4 is 24.4 Å². The number of carbonyl (C=O) groups excluding carboxylic acids is 1. The summed E-state index contributed by atoms with van der Waals surface area (Å²) in [5.41, 5.74) is 1.83. The fourth-order valence-corrected chi connectivity index (χ4v) is 6.44. The van der Waals surface area contributed by atoms with Gasteiger partial charge in [-0.3, -0.25) is 9.36 Å². The number of carbonyl (C=O) groups is 1. The molecule has 0 amide bonds. The van der Waals surface area contributed by atoms with Crippen molar-refractivity contribution < 1.29 is 24.1 Å². The predicted octanol–water partition coefficient (Wildman–Crippen LogP) is 5.07. The minimum Gasteiger partial charge on any atom is -0.506 e. The van der Waals surface area contributed by atoms with E-state index in [1.54, 1.807) is 43.3 Å². The molecule has 4 aromatic rings. The van der Waals surface area contributed by atoms with Gasteiger partial charge in [-0.2, -0.15) is 0 Å². The summed E-state index contributed by atoms with van der Waals surface area (Å²) in [5.74, 6) is 0.174. The van der Waals surface area contributed by atoms with E-state index in [4.69, 9.17) is 30.8 Å². The molecule has 11 heteroatoms. The second kappa shape index (κ2) is 11.9. The zero-order valence-electron chi connectivity index (χ0n) is 22.2. The van der Waals surface area contributed by atoms with Crippen LogP contribution in [0.3, 0.4) is 0 Å². The molecule has 1 aromatic heterocycles. The van der Waals surface area contributed by atoms with E-state index in [1.165, 1.54) is 18.8 Å². The van der Waals surface area contributed by atoms with Gasteiger partial charge in [0.15, 0.2) is 16.3 Å². The van der Waals surface area contributed by atoms with Crippen molar-refractivity contribution in [1.29, 1.82) is 0 Å². The summed E-state index contributed by atoms with van der Waals surface area (Å²) in [6, 6.07) is 16.8. The van der Waals surface area contributed by atoms with E-state index in [0.717, 1.165) is 11.3 Å². The summed E-state index contributed by atoms with van der Waals surface area (Å²) in [4.78, 5) is 32.9. The van der Waals surface area contributed by atoms with Crippen molar-refractivity contribution in [3.05, 3.63) is 112 Å². The highest BCUT2D eigenvalue weighted by Crippen LogP contribution is 2.38. The number of halogens is 2. The lowest BCUT2D eigenvalue weighted by Gasteiger charge is -2.26. The van der Waals surface area contributed by atoms with Gasteiger partial charge in [-0.05, 0) is 42.8 Å². The maximum atomic E-state index is 14.1. The Kier molecular flexibility index (Phi) is 8.35. The second-order valence-corrected chi connectivity index (χ2v) is 11.2. The Labute approximate surface area is 252 Å². The Morgan fingerprint density at radius 3 is 2.54 bits per heavy atom. The molecule has 1 atom stereocenters. The molecule has 0 saturated carbocycles. The molecule has 0 radical (unpaired) electrons. The normalized spacial score (nSPS) is 14.9. The smallest absolute Gasteiger partial charge is 0.338 e. The summed E-state index contributed by atoms with van der Waals surface area (Å²) in [5, 5.41) is 10.7. The molecule has 0 spiro atoms. The first kappa shape index (κ1) is 28.7. The van der Waals surface area contributed by atoms with Gasteiger partial charge in [0.05, 0.1) is 47.7 Å². The number of ether oxygens (including phenoxy) is 3. The molecular weight excluding hydrogens is 632 g/mol. The highest BCUT2D eigenvalue weighted by Gasteiger charge is 2.35. The number of methoxy groups -OCH3 is 2. The van der Waals surface area contributed by atoms with Crippen molar-refractivity contribution in [1.82, 2.24) is 4.57 Å². The molecule has 0 bridgehead atoms. The van der Waals surface area contributed by atoms with Gasteiger partial charge in [-0.15, -0.1) is 0 Å². The maximum absolute atomic E-state index is 14.1. The SMILES string of the molecule is CCOC(=O)C1=C(c2ccccc2)N=c2s/c(=C\c3cc(Br)cc(Cl)c3O)c(=O)n2[C@@H]1c1ccc(OC)c(OC)c1. The second-order valence-electron chi connectivity index (χ2n) is 8.87. The fraction of sp³-hybridized carbons (Fsp3) is 0.167. The first-order valence-corrected chi connectivity index (χ1v) is 14.4. The van der Waals surface area contributed by atoms with Crippen LogP contribution in [0.2, 0.25) is 5.02 Å². The number of benzene rings is 3. The van der Waals surface area contributed by atoms with Gasteiger partial charge >= 0.3 is 5.97 Å². The monoisotopic (exact) mass is 654 g/mol. The number of esters is 1. The number of thiazole rings is 1. The summed E-state index contributed by atoms with van der Waals surface area (Å²) in [7, 11) is 3.04. The quantitative estimate of drug-likeness (QED) is 0.279. The average Bonchev–Trinajstić information content (AvgIpc) is 3.29. The van der Waals surface area contributed by atoms with E-state index in [0.29, 0.717) is 43.2 Å². The minimum atomic E-state index is -0.901. The molecule has 1 aliphatic heterocycles. The summed E-state index contributed by atoms with van der Waals surface area (Å²) >= 11 is 10.7. The third-order valence-corrected chi connectivity index (χ3v) is 8.17. The molecule has 3 aromatic carbocycles. The number of fused-ring (bicyclic) bond motifs is 1. The van der Waals surface area contributed by atoms with Gasteiger partial charge in [0.2, 0.25) is 0 Å². The van der Waals surface area contributed by atoms with E-state index >= 15 is 0 Å². The molecule has 2 heterocycles. The largest absolute Gasteiger partial charge is 0.506 e. The standard InChI is InChI=1S/C30H24BrClN2O6S/c1-4-40-29(37)24-25(16-8-6-5-7-9-16)33-30-34(26(24)17-10-11-21(38-2)22(13-17)39-3)28(36)23(41-30)14-18-12-19(31)15-20(32)27(18)35/h5-15,26,35H,4H2,1-3H3/b23-14-/t26-/m1/s1. The molecule has 8 nitrogen and oxygen atoms in total. The summed E-state index contributed by atoms with van der Waals surface area (Å²) in [6.45, 7) is 1.85. The number of aromatic hydroxyl groups is 1. The molecule has 0 fully saturated rings. The van der Waals surface area contributed by atoms with Crippen molar-refractivity contribution in [3.8, 4) is 17.2 Å². The molecule has 1 aliphatic rings. The number of phenols is 1. The van der Waals surface area contributed by atoms with E-state index in [2.05, 4.69) is 15.9 Å². The highest BCUT2D eigenvalue weighted by molar-refractivity contribution is 9.10. The molecule has 210 valence electrons. The fourth-order valence-electron chi connectivity index (χ4n) is 4.62. The lowest BCUT2D eigenvalue weighted by Crippen LogP contribution is -2.40. The highest BCUT2D eigenvalue weighted by atomic mass is 79.9. The number of rotatable bonds is 7. The van der Waals surface area contributed by atoms with Gasteiger partial charge in [0.25, 0.3) is 5.56 Å². The zero-order valence-corrected chi connectivity index (χ0v) is 25.3. The van der Waals surface area contributed by atoms with Crippen molar-refractivity contribution in [2.24, 2.45) is 4.99 Å². The first-order valence-electron chi connectivity index (χ1n) is 12.5. The number of aromatic nitrogens is 1. The minimum absolute atomic E-state index is 0.135. The lowest BCUT2D eigenvalue weighted by atomic mass is 9.93. The first-order chi connectivity index (χ1) is 19.8. The zero-order chi connectivity index (χ0) is 29.3. The summed E-state index contributed by atoms with van der Waals surface area (Å²) < 4.78 is 18.9. The van der Waals surface area contributed by atoms with Crippen molar-refractivity contribution in [3.63, 3.8) is 0 Å². The van der Waals surface area contributed by atoms with Crippen LogP contribution in [0.1, 0.15) is 29.7 Å². The van der Waals surface area contributed by atoms with Crippen LogP contribution in [-0.4, -0.2) is 36.5 Å². The van der Waals surface area contributed by atoms with E-state index in [1.807, 2.05) is 30.3 Å². The van der Waals surface area contributed by atoms with E-state index in [9.17, 15) is 14.7 Å². The Hall–Kier alpha value is -3.86. The average molecular weight is 656 g/mol. The maximum Gasteiger partial charge on any atom is 0.338 e. The van der Waals surface area contributed by atoms with Crippen LogP contribution >= 0.6 is 38.9 Å². The van der Waals surface area contributed by atoms with Crippen LogP contribution in [0, 0.1) is 0 Å². The molecule has 1 N–H and O–H groups in total. The third kappa shape index (κ3) is 5.42. The molecular formula is C30H24BrClN2O6S. The molecule has 0 unspecified atom stereocenters. The van der Waals surface area contributed by atoms with Crippen LogP contribution in [0.5, 0.6) is 17.2 Å². The van der Waals surface area contributed by atoms with Gasteiger partial charge in [0.1, 0.15) is 5.75 Å². The van der Waals surface area contributed by atoms with E-state index < -0.39 is 17.6 Å². The molecule has 41 heavy (non-hydrogen) atoms.